The van der Waals surface area contributed by atoms with Crippen molar-refractivity contribution in [2.45, 2.75) is 143 Å². The summed E-state index contributed by atoms with van der Waals surface area (Å²) in [6.45, 7) is 9.73. The summed E-state index contributed by atoms with van der Waals surface area (Å²) in [5, 5.41) is 0. The average molecular weight is 467 g/mol. The van der Waals surface area contributed by atoms with E-state index in [4.69, 9.17) is 9.47 Å². The summed E-state index contributed by atoms with van der Waals surface area (Å²) in [4.78, 5) is 24.7. The summed E-state index contributed by atoms with van der Waals surface area (Å²) in [5.41, 5.74) is -0.187. The van der Waals surface area contributed by atoms with Gasteiger partial charge < -0.3 is 9.47 Å². The van der Waals surface area contributed by atoms with Crippen LogP contribution in [0.15, 0.2) is 0 Å². The van der Waals surface area contributed by atoms with Crippen molar-refractivity contribution in [3.63, 3.8) is 0 Å². The van der Waals surface area contributed by atoms with E-state index in [1.807, 2.05) is 0 Å². The van der Waals surface area contributed by atoms with E-state index in [0.29, 0.717) is 19.6 Å². The Morgan fingerprint density at radius 1 is 0.667 bits per heavy atom. The Bertz CT molecular complexity index is 514. The predicted octanol–water partition coefficient (Wildman–Crippen LogP) is 8.41. The van der Waals surface area contributed by atoms with Gasteiger partial charge in [0.25, 0.3) is 0 Å². The van der Waals surface area contributed by atoms with Gasteiger partial charge in [-0.2, -0.15) is 0 Å². The number of unbranched alkanes of at least 4 members (excludes halogenated alkanes) is 14. The molecule has 0 spiro atoms. The fraction of sp³-hybridized carbons (Fsp3) is 0.931. The second-order valence-corrected chi connectivity index (χ2v) is 10.8. The lowest BCUT2D eigenvalue weighted by atomic mass is 9.54. The van der Waals surface area contributed by atoms with Crippen LogP contribution < -0.4 is 0 Å². The van der Waals surface area contributed by atoms with E-state index in [2.05, 4.69) is 27.7 Å². The van der Waals surface area contributed by atoms with Gasteiger partial charge in [-0.05, 0) is 30.6 Å². The number of rotatable bonds is 21. The highest BCUT2D eigenvalue weighted by molar-refractivity contribution is 5.76. The van der Waals surface area contributed by atoms with Gasteiger partial charge >= 0.3 is 11.9 Å². The quantitative estimate of drug-likeness (QED) is 0.126. The molecular weight excluding hydrogens is 412 g/mol. The van der Waals surface area contributed by atoms with Crippen LogP contribution in [0.2, 0.25) is 0 Å². The zero-order valence-corrected chi connectivity index (χ0v) is 22.4. The van der Waals surface area contributed by atoms with Crippen LogP contribution in [0.3, 0.4) is 0 Å². The molecule has 1 fully saturated rings. The number of hydrogen-bond donors (Lipinski definition) is 0. The molecule has 0 aromatic carbocycles. The average Bonchev–Trinajstić information content (AvgIpc) is 2.79. The van der Waals surface area contributed by atoms with Crippen molar-refractivity contribution in [1.29, 1.82) is 0 Å². The maximum absolute atomic E-state index is 12.5. The standard InChI is InChI=1S/C29H54O4/c1-5-7-9-11-13-15-17-19-21-32-27(30)24-25-23-26(29(25,3)4)28(31)33-22-20-18-16-14-12-10-8-6-2/h25-26H,5-24H2,1-4H3. The smallest absolute Gasteiger partial charge is 0.309 e. The summed E-state index contributed by atoms with van der Waals surface area (Å²) >= 11 is 0. The number of carbonyl (C=O) groups is 2. The van der Waals surface area contributed by atoms with E-state index in [9.17, 15) is 9.59 Å². The van der Waals surface area contributed by atoms with Crippen molar-refractivity contribution < 1.29 is 19.1 Å². The maximum Gasteiger partial charge on any atom is 0.309 e. The van der Waals surface area contributed by atoms with E-state index in [1.54, 1.807) is 0 Å². The second kappa shape index (κ2) is 18.3. The van der Waals surface area contributed by atoms with Gasteiger partial charge in [-0.15, -0.1) is 0 Å². The SMILES string of the molecule is CCCCCCCCCCOC(=O)CC1CC(C(=O)OCCCCCCCCCC)C1(C)C. The molecule has 0 aromatic rings. The number of esters is 2. The molecule has 0 amide bonds. The van der Waals surface area contributed by atoms with Gasteiger partial charge in [-0.3, -0.25) is 9.59 Å². The summed E-state index contributed by atoms with van der Waals surface area (Å²) in [6.07, 6.45) is 21.0. The molecule has 0 saturated heterocycles. The molecule has 1 saturated carbocycles. The predicted molar refractivity (Wildman–Crippen MR) is 137 cm³/mol. The zero-order chi connectivity index (χ0) is 24.4. The van der Waals surface area contributed by atoms with Gasteiger partial charge in [-0.25, -0.2) is 0 Å². The number of carbonyl (C=O) groups excluding carboxylic acids is 2. The normalized spacial score (nSPS) is 19.2. The maximum atomic E-state index is 12.5. The molecule has 1 aliphatic rings. The largest absolute Gasteiger partial charge is 0.466 e. The van der Waals surface area contributed by atoms with Gasteiger partial charge in [0.15, 0.2) is 0 Å². The number of ether oxygens (including phenoxy) is 2. The summed E-state index contributed by atoms with van der Waals surface area (Å²) in [6, 6.07) is 0. The Kier molecular flexibility index (Phi) is 16.6. The van der Waals surface area contributed by atoms with Gasteiger partial charge in [0, 0.05) is 6.42 Å². The highest BCUT2D eigenvalue weighted by atomic mass is 16.5. The lowest BCUT2D eigenvalue weighted by molar-refractivity contribution is -0.170. The zero-order valence-electron chi connectivity index (χ0n) is 22.4. The Morgan fingerprint density at radius 2 is 1.09 bits per heavy atom. The summed E-state index contributed by atoms with van der Waals surface area (Å²) in [5.74, 6) is -0.0606. The molecule has 0 aromatic heterocycles. The molecule has 2 unspecified atom stereocenters. The topological polar surface area (TPSA) is 52.6 Å². The van der Waals surface area contributed by atoms with Crippen molar-refractivity contribution in [3.8, 4) is 0 Å². The monoisotopic (exact) mass is 466 g/mol. The molecule has 4 heteroatoms. The first kappa shape index (κ1) is 30.0. The molecule has 0 N–H and O–H groups in total. The highest BCUT2D eigenvalue weighted by Crippen LogP contribution is 2.53. The lowest BCUT2D eigenvalue weighted by Crippen LogP contribution is -2.50. The van der Waals surface area contributed by atoms with Gasteiger partial charge in [0.05, 0.1) is 19.1 Å². The first-order chi connectivity index (χ1) is 15.9. The third-order valence-corrected chi connectivity index (χ3v) is 7.67. The highest BCUT2D eigenvalue weighted by Gasteiger charge is 2.53. The van der Waals surface area contributed by atoms with E-state index in [1.165, 1.54) is 77.0 Å². The van der Waals surface area contributed by atoms with Crippen LogP contribution in [-0.4, -0.2) is 25.2 Å². The minimum Gasteiger partial charge on any atom is -0.466 e. The molecule has 0 bridgehead atoms. The van der Waals surface area contributed by atoms with Gasteiger partial charge in [-0.1, -0.05) is 118 Å². The fourth-order valence-corrected chi connectivity index (χ4v) is 4.95. The molecule has 1 rings (SSSR count). The molecular formula is C29H54O4. The number of hydrogen-bond acceptors (Lipinski definition) is 4. The molecule has 0 radical (unpaired) electrons. The van der Waals surface area contributed by atoms with E-state index in [0.717, 1.165) is 32.1 Å². The van der Waals surface area contributed by atoms with Crippen molar-refractivity contribution >= 4 is 11.9 Å². The third kappa shape index (κ3) is 12.8. The minimum absolute atomic E-state index is 0.0773. The fourth-order valence-electron chi connectivity index (χ4n) is 4.95. The van der Waals surface area contributed by atoms with Crippen LogP contribution in [0.25, 0.3) is 0 Å². The van der Waals surface area contributed by atoms with Crippen molar-refractivity contribution in [1.82, 2.24) is 0 Å². The molecule has 0 aliphatic heterocycles. The van der Waals surface area contributed by atoms with Crippen molar-refractivity contribution in [2.24, 2.45) is 17.3 Å². The van der Waals surface area contributed by atoms with Gasteiger partial charge in [0.1, 0.15) is 0 Å². The first-order valence-electron chi connectivity index (χ1n) is 14.3. The van der Waals surface area contributed by atoms with E-state index < -0.39 is 0 Å². The van der Waals surface area contributed by atoms with E-state index in [-0.39, 0.29) is 29.2 Å². The van der Waals surface area contributed by atoms with Crippen LogP contribution in [0, 0.1) is 17.3 Å². The van der Waals surface area contributed by atoms with Crippen LogP contribution >= 0.6 is 0 Å². The van der Waals surface area contributed by atoms with Crippen LogP contribution in [0.1, 0.15) is 143 Å². The van der Waals surface area contributed by atoms with Crippen LogP contribution in [0.5, 0.6) is 0 Å². The minimum atomic E-state index is -0.187. The Labute approximate surface area is 205 Å². The van der Waals surface area contributed by atoms with Gasteiger partial charge in [0.2, 0.25) is 0 Å². The van der Waals surface area contributed by atoms with Crippen LogP contribution in [-0.2, 0) is 19.1 Å². The molecule has 1 aliphatic carbocycles. The van der Waals surface area contributed by atoms with Crippen molar-refractivity contribution in [2.75, 3.05) is 13.2 Å². The molecule has 33 heavy (non-hydrogen) atoms. The first-order valence-corrected chi connectivity index (χ1v) is 14.3. The molecule has 2 atom stereocenters. The van der Waals surface area contributed by atoms with Crippen molar-refractivity contribution in [3.05, 3.63) is 0 Å². The molecule has 4 nitrogen and oxygen atoms in total. The lowest BCUT2D eigenvalue weighted by Gasteiger charge is -2.50. The summed E-state index contributed by atoms with van der Waals surface area (Å²) < 4.78 is 11.0. The Morgan fingerprint density at radius 3 is 1.55 bits per heavy atom. The van der Waals surface area contributed by atoms with E-state index >= 15 is 0 Å². The Balaban J connectivity index is 2.06. The summed E-state index contributed by atoms with van der Waals surface area (Å²) in [7, 11) is 0. The molecule has 194 valence electrons. The molecule has 0 heterocycles. The second-order valence-electron chi connectivity index (χ2n) is 10.8. The van der Waals surface area contributed by atoms with Crippen LogP contribution in [0.4, 0.5) is 0 Å². The Hall–Kier alpha value is -1.06. The third-order valence-electron chi connectivity index (χ3n) is 7.67.